The monoisotopic (exact) mass is 240 g/mol. The van der Waals surface area contributed by atoms with E-state index in [2.05, 4.69) is 10.5 Å². The molecule has 0 radical (unpaired) electrons. The summed E-state index contributed by atoms with van der Waals surface area (Å²) in [5.74, 6) is 0.813. The molecule has 2 aromatic carbocycles. The molecule has 0 spiro atoms. The van der Waals surface area contributed by atoms with Gasteiger partial charge in [0.25, 0.3) is 0 Å². The highest BCUT2D eigenvalue weighted by Gasteiger charge is 1.97. The Bertz CT molecular complexity index is 550. The fourth-order valence-corrected chi connectivity index (χ4v) is 1.64. The van der Waals surface area contributed by atoms with Gasteiger partial charge in [0.15, 0.2) is 0 Å². The van der Waals surface area contributed by atoms with Gasteiger partial charge in [-0.3, -0.25) is 5.43 Å². The SMILES string of the molecule is COc1ccccc1/C=N/Nc1ccccc1C. The van der Waals surface area contributed by atoms with Gasteiger partial charge in [0.2, 0.25) is 0 Å². The van der Waals surface area contributed by atoms with Gasteiger partial charge >= 0.3 is 0 Å². The molecule has 0 aliphatic rings. The van der Waals surface area contributed by atoms with Crippen molar-refractivity contribution in [2.75, 3.05) is 12.5 Å². The molecule has 0 amide bonds. The third-order valence-corrected chi connectivity index (χ3v) is 2.67. The summed E-state index contributed by atoms with van der Waals surface area (Å²) < 4.78 is 5.25. The summed E-state index contributed by atoms with van der Waals surface area (Å²) in [7, 11) is 1.65. The zero-order valence-electron chi connectivity index (χ0n) is 10.6. The lowest BCUT2D eigenvalue weighted by molar-refractivity contribution is 0.414. The Morgan fingerprint density at radius 2 is 1.78 bits per heavy atom. The zero-order valence-corrected chi connectivity index (χ0v) is 10.6. The first-order valence-corrected chi connectivity index (χ1v) is 5.79. The van der Waals surface area contributed by atoms with Crippen LogP contribution in [0.1, 0.15) is 11.1 Å². The van der Waals surface area contributed by atoms with Crippen LogP contribution in [0.2, 0.25) is 0 Å². The maximum atomic E-state index is 5.25. The number of benzene rings is 2. The van der Waals surface area contributed by atoms with E-state index in [0.717, 1.165) is 22.6 Å². The topological polar surface area (TPSA) is 33.6 Å². The van der Waals surface area contributed by atoms with Crippen LogP contribution in [0.15, 0.2) is 53.6 Å². The normalized spacial score (nSPS) is 10.6. The summed E-state index contributed by atoms with van der Waals surface area (Å²) in [4.78, 5) is 0. The smallest absolute Gasteiger partial charge is 0.127 e. The van der Waals surface area contributed by atoms with Crippen molar-refractivity contribution in [3.05, 3.63) is 59.7 Å². The molecule has 3 heteroatoms. The number of ether oxygens (including phenoxy) is 1. The highest BCUT2D eigenvalue weighted by atomic mass is 16.5. The molecule has 18 heavy (non-hydrogen) atoms. The van der Waals surface area contributed by atoms with Gasteiger partial charge in [-0.15, -0.1) is 0 Å². The minimum absolute atomic E-state index is 0.813. The maximum absolute atomic E-state index is 5.25. The first-order chi connectivity index (χ1) is 8.81. The summed E-state index contributed by atoms with van der Waals surface area (Å²) in [6.07, 6.45) is 1.76. The number of methoxy groups -OCH3 is 1. The minimum Gasteiger partial charge on any atom is -0.496 e. The number of anilines is 1. The van der Waals surface area contributed by atoms with E-state index in [4.69, 9.17) is 4.74 Å². The minimum atomic E-state index is 0.813. The van der Waals surface area contributed by atoms with Crippen molar-refractivity contribution in [2.24, 2.45) is 5.10 Å². The molecule has 0 unspecified atom stereocenters. The molecule has 0 heterocycles. The number of para-hydroxylation sites is 2. The van der Waals surface area contributed by atoms with E-state index in [1.54, 1.807) is 13.3 Å². The summed E-state index contributed by atoms with van der Waals surface area (Å²) in [6.45, 7) is 2.04. The molecule has 0 saturated heterocycles. The van der Waals surface area contributed by atoms with Gasteiger partial charge in [0.1, 0.15) is 5.75 Å². The van der Waals surface area contributed by atoms with Crippen LogP contribution in [-0.2, 0) is 0 Å². The molecule has 1 N–H and O–H groups in total. The van der Waals surface area contributed by atoms with E-state index in [0.29, 0.717) is 0 Å². The van der Waals surface area contributed by atoms with Gasteiger partial charge in [0.05, 0.1) is 19.0 Å². The van der Waals surface area contributed by atoms with Gasteiger partial charge in [-0.25, -0.2) is 0 Å². The van der Waals surface area contributed by atoms with Gasteiger partial charge in [-0.1, -0.05) is 30.3 Å². The van der Waals surface area contributed by atoms with Crippen LogP contribution >= 0.6 is 0 Å². The van der Waals surface area contributed by atoms with Gasteiger partial charge in [-0.05, 0) is 30.7 Å². The van der Waals surface area contributed by atoms with E-state index >= 15 is 0 Å². The van der Waals surface area contributed by atoms with Crippen LogP contribution in [0.3, 0.4) is 0 Å². The van der Waals surface area contributed by atoms with Gasteiger partial charge in [0, 0.05) is 5.56 Å². The number of hydrogen-bond donors (Lipinski definition) is 1. The molecule has 0 aromatic heterocycles. The molecular formula is C15H16N2O. The fraction of sp³-hybridized carbons (Fsp3) is 0.133. The Kier molecular flexibility index (Phi) is 3.97. The van der Waals surface area contributed by atoms with Crippen molar-refractivity contribution in [3.63, 3.8) is 0 Å². The molecule has 2 aromatic rings. The molecular weight excluding hydrogens is 224 g/mol. The third-order valence-electron chi connectivity index (χ3n) is 2.67. The highest BCUT2D eigenvalue weighted by Crippen LogP contribution is 2.16. The fourth-order valence-electron chi connectivity index (χ4n) is 1.64. The Balaban J connectivity index is 2.10. The zero-order chi connectivity index (χ0) is 12.8. The average molecular weight is 240 g/mol. The Hall–Kier alpha value is -2.29. The van der Waals surface area contributed by atoms with Crippen LogP contribution < -0.4 is 10.2 Å². The van der Waals surface area contributed by atoms with E-state index in [1.807, 2.05) is 55.5 Å². The van der Waals surface area contributed by atoms with Crippen molar-refractivity contribution in [2.45, 2.75) is 6.92 Å². The number of aryl methyl sites for hydroxylation is 1. The molecule has 0 aliphatic heterocycles. The molecule has 2 rings (SSSR count). The third kappa shape index (κ3) is 2.88. The first kappa shape index (κ1) is 12.2. The van der Waals surface area contributed by atoms with E-state index in [-0.39, 0.29) is 0 Å². The molecule has 92 valence electrons. The second-order valence-electron chi connectivity index (χ2n) is 3.93. The number of nitrogens with one attached hydrogen (secondary N) is 1. The maximum Gasteiger partial charge on any atom is 0.127 e. The lowest BCUT2D eigenvalue weighted by Crippen LogP contribution is -1.94. The second-order valence-corrected chi connectivity index (χ2v) is 3.93. The molecule has 0 fully saturated rings. The van der Waals surface area contributed by atoms with Crippen LogP contribution in [0, 0.1) is 6.92 Å². The number of rotatable bonds is 4. The summed E-state index contributed by atoms with van der Waals surface area (Å²) >= 11 is 0. The highest BCUT2D eigenvalue weighted by molar-refractivity contribution is 5.84. The van der Waals surface area contributed by atoms with Gasteiger partial charge < -0.3 is 4.74 Å². The summed E-state index contributed by atoms with van der Waals surface area (Å²) in [5.41, 5.74) is 6.14. The lowest BCUT2D eigenvalue weighted by atomic mass is 10.2. The molecule has 0 saturated carbocycles. The van der Waals surface area contributed by atoms with Crippen LogP contribution in [0.25, 0.3) is 0 Å². The van der Waals surface area contributed by atoms with Crippen LogP contribution in [0.5, 0.6) is 5.75 Å². The Labute approximate surface area is 107 Å². The number of hydrogen-bond acceptors (Lipinski definition) is 3. The van der Waals surface area contributed by atoms with Crippen molar-refractivity contribution >= 4 is 11.9 Å². The van der Waals surface area contributed by atoms with E-state index < -0.39 is 0 Å². The van der Waals surface area contributed by atoms with Crippen molar-refractivity contribution < 1.29 is 4.74 Å². The Morgan fingerprint density at radius 3 is 2.56 bits per heavy atom. The van der Waals surface area contributed by atoms with Crippen LogP contribution in [0.4, 0.5) is 5.69 Å². The van der Waals surface area contributed by atoms with Crippen LogP contribution in [-0.4, -0.2) is 13.3 Å². The Morgan fingerprint density at radius 1 is 1.06 bits per heavy atom. The van der Waals surface area contributed by atoms with Crippen molar-refractivity contribution in [1.29, 1.82) is 0 Å². The number of hydrazone groups is 1. The van der Waals surface area contributed by atoms with Crippen molar-refractivity contribution in [1.82, 2.24) is 0 Å². The largest absolute Gasteiger partial charge is 0.496 e. The molecule has 3 nitrogen and oxygen atoms in total. The average Bonchev–Trinajstić information content (AvgIpc) is 2.41. The van der Waals surface area contributed by atoms with E-state index in [1.165, 1.54) is 0 Å². The lowest BCUT2D eigenvalue weighted by Gasteiger charge is -2.05. The quantitative estimate of drug-likeness (QED) is 0.656. The van der Waals surface area contributed by atoms with E-state index in [9.17, 15) is 0 Å². The summed E-state index contributed by atoms with van der Waals surface area (Å²) in [6, 6.07) is 15.8. The molecule has 0 aliphatic carbocycles. The predicted octanol–water partition coefficient (Wildman–Crippen LogP) is 3.45. The number of nitrogens with zero attached hydrogens (tertiary/aromatic N) is 1. The predicted molar refractivity (Wildman–Crippen MR) is 75.4 cm³/mol. The molecule has 0 bridgehead atoms. The standard InChI is InChI=1S/C15H16N2O/c1-12-7-3-5-9-14(12)17-16-11-13-8-4-6-10-15(13)18-2/h3-11,17H,1-2H3/b16-11+. The first-order valence-electron chi connectivity index (χ1n) is 5.79. The second kappa shape index (κ2) is 5.87. The summed E-state index contributed by atoms with van der Waals surface area (Å²) in [5, 5.41) is 4.23. The van der Waals surface area contributed by atoms with Gasteiger partial charge in [-0.2, -0.15) is 5.10 Å². The molecule has 0 atom stereocenters. The van der Waals surface area contributed by atoms with Crippen molar-refractivity contribution in [3.8, 4) is 5.75 Å².